The third-order valence-corrected chi connectivity index (χ3v) is 3.03. The van der Waals surface area contributed by atoms with Gasteiger partial charge in [-0.15, -0.1) is 0 Å². The van der Waals surface area contributed by atoms with Gasteiger partial charge in [0.1, 0.15) is 5.75 Å². The number of nitro benzene ring substituents is 1. The maximum absolute atomic E-state index is 11.7. The molecule has 0 spiro atoms. The van der Waals surface area contributed by atoms with Crippen LogP contribution in [0.1, 0.15) is 5.56 Å². The molecule has 8 nitrogen and oxygen atoms in total. The maximum atomic E-state index is 11.7. The van der Waals surface area contributed by atoms with Gasteiger partial charge in [0, 0.05) is 18.6 Å². The van der Waals surface area contributed by atoms with E-state index in [1.807, 2.05) is 0 Å². The zero-order chi connectivity index (χ0) is 17.5. The summed E-state index contributed by atoms with van der Waals surface area (Å²) < 4.78 is 9.62. The summed E-state index contributed by atoms with van der Waals surface area (Å²) in [5.74, 6) is -1.30. The topological polar surface area (TPSA) is 116 Å². The first-order valence-corrected chi connectivity index (χ1v) is 6.85. The fourth-order valence-electron chi connectivity index (χ4n) is 1.88. The van der Waals surface area contributed by atoms with E-state index in [0.717, 1.165) is 12.1 Å². The lowest BCUT2D eigenvalue weighted by Crippen LogP contribution is -2.30. The number of aliphatic carboxylic acids is 1. The van der Waals surface area contributed by atoms with Gasteiger partial charge in [-0.3, -0.25) is 10.1 Å². The van der Waals surface area contributed by atoms with Crippen LogP contribution >= 0.6 is 0 Å². The summed E-state index contributed by atoms with van der Waals surface area (Å²) in [6.45, 7) is 0. The van der Waals surface area contributed by atoms with Crippen LogP contribution in [0.2, 0.25) is 0 Å². The van der Waals surface area contributed by atoms with E-state index in [0.29, 0.717) is 5.56 Å². The van der Waals surface area contributed by atoms with Gasteiger partial charge >= 0.3 is 12.1 Å². The van der Waals surface area contributed by atoms with Crippen molar-refractivity contribution in [1.29, 1.82) is 0 Å². The molecule has 1 atom stereocenters. The second kappa shape index (κ2) is 7.73. The van der Waals surface area contributed by atoms with Gasteiger partial charge in [-0.05, 0) is 17.7 Å². The minimum Gasteiger partial charge on any atom is -0.478 e. The van der Waals surface area contributed by atoms with Gasteiger partial charge in [-0.1, -0.05) is 30.3 Å². The number of carbonyl (C=O) groups excluding carboxylic acids is 1. The summed E-state index contributed by atoms with van der Waals surface area (Å²) in [7, 11) is 0. The number of benzene rings is 2. The summed E-state index contributed by atoms with van der Waals surface area (Å²) in [5.41, 5.74) is 0.524. The van der Waals surface area contributed by atoms with E-state index >= 15 is 0 Å². The standard InChI is InChI=1S/C16H13NO7/c18-15(19)14(10-11-4-2-1-3-5-11)24-16(20)23-13-8-6-12(7-9-13)17(21)22/h1-9,14H,10H2,(H,18,19)/t14-/m1/s1. The van der Waals surface area contributed by atoms with Crippen LogP contribution in [0, 0.1) is 10.1 Å². The molecule has 0 unspecified atom stereocenters. The van der Waals surface area contributed by atoms with E-state index < -0.39 is 23.2 Å². The Balaban J connectivity index is 1.97. The Morgan fingerprint density at radius 3 is 2.25 bits per heavy atom. The van der Waals surface area contributed by atoms with Crippen molar-refractivity contribution < 1.29 is 29.1 Å². The minimum absolute atomic E-state index is 0.00840. The average Bonchev–Trinajstić information content (AvgIpc) is 2.55. The molecule has 0 bridgehead atoms. The minimum atomic E-state index is -1.40. The third kappa shape index (κ3) is 4.80. The van der Waals surface area contributed by atoms with Crippen molar-refractivity contribution >= 4 is 17.8 Å². The van der Waals surface area contributed by atoms with Crippen molar-refractivity contribution in [3.63, 3.8) is 0 Å². The van der Waals surface area contributed by atoms with E-state index in [-0.39, 0.29) is 17.9 Å². The van der Waals surface area contributed by atoms with Gasteiger partial charge in [0.15, 0.2) is 0 Å². The number of hydrogen-bond acceptors (Lipinski definition) is 6. The molecule has 1 N–H and O–H groups in total. The first kappa shape index (κ1) is 16.9. The molecule has 0 aromatic heterocycles. The van der Waals surface area contributed by atoms with Gasteiger partial charge < -0.3 is 14.6 Å². The smallest absolute Gasteiger partial charge is 0.478 e. The summed E-state index contributed by atoms with van der Waals surface area (Å²) in [6, 6.07) is 13.4. The molecule has 0 heterocycles. The van der Waals surface area contributed by atoms with E-state index in [1.165, 1.54) is 12.1 Å². The number of carbonyl (C=O) groups is 2. The van der Waals surface area contributed by atoms with Crippen LogP contribution in [0.3, 0.4) is 0 Å². The molecule has 8 heteroatoms. The van der Waals surface area contributed by atoms with E-state index in [2.05, 4.69) is 0 Å². The lowest BCUT2D eigenvalue weighted by Gasteiger charge is -2.13. The fraction of sp³-hybridized carbons (Fsp3) is 0.125. The van der Waals surface area contributed by atoms with Crippen molar-refractivity contribution in [2.24, 2.45) is 0 Å². The molecule has 2 aromatic carbocycles. The van der Waals surface area contributed by atoms with E-state index in [1.54, 1.807) is 30.3 Å². The SMILES string of the molecule is O=C(Oc1ccc([N+](=O)[O-])cc1)O[C@H](Cc1ccccc1)C(=O)O. The largest absolute Gasteiger partial charge is 0.514 e. The Hall–Kier alpha value is -3.42. The monoisotopic (exact) mass is 331 g/mol. The highest BCUT2D eigenvalue weighted by Crippen LogP contribution is 2.18. The fourth-order valence-corrected chi connectivity index (χ4v) is 1.88. The summed E-state index contributed by atoms with van der Waals surface area (Å²) in [5, 5.41) is 19.7. The second-order valence-electron chi connectivity index (χ2n) is 4.74. The number of non-ortho nitro benzene ring substituents is 1. The molecule has 0 aliphatic rings. The molecular weight excluding hydrogens is 318 g/mol. The summed E-state index contributed by atoms with van der Waals surface area (Å²) >= 11 is 0. The van der Waals surface area contributed by atoms with Gasteiger partial charge in [0.2, 0.25) is 6.10 Å². The normalized spacial score (nSPS) is 11.3. The molecule has 0 aliphatic heterocycles. The molecule has 124 valence electrons. The average molecular weight is 331 g/mol. The predicted octanol–water partition coefficient (Wildman–Crippen LogP) is 2.81. The molecule has 2 aromatic rings. The Labute approximate surface area is 136 Å². The number of nitrogens with zero attached hydrogens (tertiary/aromatic N) is 1. The molecule has 0 fully saturated rings. The predicted molar refractivity (Wildman–Crippen MR) is 81.8 cm³/mol. The summed E-state index contributed by atoms with van der Waals surface area (Å²) in [6.07, 6.45) is -2.61. The van der Waals surface area contributed by atoms with Gasteiger partial charge in [0.05, 0.1) is 4.92 Å². The third-order valence-electron chi connectivity index (χ3n) is 3.03. The Bertz CT molecular complexity index is 728. The molecule has 0 aliphatic carbocycles. The Kier molecular flexibility index (Phi) is 5.45. The number of carboxylic acids is 1. The van der Waals surface area contributed by atoms with E-state index in [4.69, 9.17) is 14.6 Å². The van der Waals surface area contributed by atoms with Crippen molar-refractivity contribution in [1.82, 2.24) is 0 Å². The highest BCUT2D eigenvalue weighted by Gasteiger charge is 2.24. The molecule has 0 saturated carbocycles. The van der Waals surface area contributed by atoms with Crippen molar-refractivity contribution in [2.45, 2.75) is 12.5 Å². The molecule has 0 amide bonds. The van der Waals surface area contributed by atoms with Crippen LogP contribution in [-0.4, -0.2) is 28.3 Å². The maximum Gasteiger partial charge on any atom is 0.514 e. The molecule has 24 heavy (non-hydrogen) atoms. The van der Waals surface area contributed by atoms with Gasteiger partial charge in [-0.25, -0.2) is 9.59 Å². The van der Waals surface area contributed by atoms with E-state index in [9.17, 15) is 19.7 Å². The van der Waals surface area contributed by atoms with Crippen LogP contribution in [0.15, 0.2) is 54.6 Å². The Morgan fingerprint density at radius 1 is 1.08 bits per heavy atom. The highest BCUT2D eigenvalue weighted by atomic mass is 16.7. The van der Waals surface area contributed by atoms with Gasteiger partial charge in [0.25, 0.3) is 5.69 Å². The van der Waals surface area contributed by atoms with Gasteiger partial charge in [-0.2, -0.15) is 0 Å². The van der Waals surface area contributed by atoms with Crippen LogP contribution < -0.4 is 4.74 Å². The van der Waals surface area contributed by atoms with Crippen molar-refractivity contribution in [3.8, 4) is 5.75 Å². The quantitative estimate of drug-likeness (QED) is 0.374. The first-order valence-electron chi connectivity index (χ1n) is 6.85. The number of ether oxygens (including phenoxy) is 2. The molecule has 2 rings (SSSR count). The molecule has 0 radical (unpaired) electrons. The van der Waals surface area contributed by atoms with Crippen LogP contribution in [0.4, 0.5) is 10.5 Å². The molecule has 0 saturated heterocycles. The number of carboxylic acid groups (broad SMARTS) is 1. The van der Waals surface area contributed by atoms with Crippen molar-refractivity contribution in [2.75, 3.05) is 0 Å². The summed E-state index contributed by atoms with van der Waals surface area (Å²) in [4.78, 5) is 32.8. The lowest BCUT2D eigenvalue weighted by molar-refractivity contribution is -0.384. The number of rotatable bonds is 6. The Morgan fingerprint density at radius 2 is 1.71 bits per heavy atom. The highest BCUT2D eigenvalue weighted by molar-refractivity contribution is 5.76. The first-order chi connectivity index (χ1) is 11.5. The lowest BCUT2D eigenvalue weighted by atomic mass is 10.1. The number of hydrogen-bond donors (Lipinski definition) is 1. The zero-order valence-electron chi connectivity index (χ0n) is 12.3. The zero-order valence-corrected chi connectivity index (χ0v) is 12.3. The second-order valence-corrected chi connectivity index (χ2v) is 4.74. The molecular formula is C16H13NO7. The van der Waals surface area contributed by atoms with Crippen LogP contribution in [0.25, 0.3) is 0 Å². The number of nitro groups is 1. The van der Waals surface area contributed by atoms with Crippen LogP contribution in [0.5, 0.6) is 5.75 Å². The van der Waals surface area contributed by atoms with Crippen molar-refractivity contribution in [3.05, 3.63) is 70.3 Å². The van der Waals surface area contributed by atoms with Crippen LogP contribution in [-0.2, 0) is 16.0 Å².